The highest BCUT2D eigenvalue weighted by molar-refractivity contribution is 5.77. The Morgan fingerprint density at radius 1 is 1.14 bits per heavy atom. The number of nitrogens with zero attached hydrogens (tertiary/aromatic N) is 5. The van der Waals surface area contributed by atoms with Crippen molar-refractivity contribution in [2.45, 2.75) is 20.4 Å². The molecular formula is C19H21N5O4. The molecule has 0 aliphatic rings. The van der Waals surface area contributed by atoms with Crippen LogP contribution in [-0.4, -0.2) is 37.3 Å². The number of hydrogen-bond acceptors (Lipinski definition) is 5. The van der Waals surface area contributed by atoms with Crippen molar-refractivity contribution in [1.82, 2.24) is 23.1 Å². The topological polar surface area (TPSA) is 84.7 Å². The van der Waals surface area contributed by atoms with Crippen LogP contribution in [0.5, 0.6) is 11.5 Å². The van der Waals surface area contributed by atoms with E-state index in [0.717, 1.165) is 11.4 Å². The minimum atomic E-state index is -0.386. The highest BCUT2D eigenvalue weighted by Gasteiger charge is 2.21. The fraction of sp³-hybridized carbons (Fsp3) is 0.316. The molecule has 0 saturated heterocycles. The highest BCUT2D eigenvalue weighted by atomic mass is 16.5. The predicted octanol–water partition coefficient (Wildman–Crippen LogP) is 1.48. The Balaban J connectivity index is 2.16. The molecule has 9 heteroatoms. The Kier molecular flexibility index (Phi) is 4.02. The number of ether oxygens (including phenoxy) is 2. The third-order valence-corrected chi connectivity index (χ3v) is 4.97. The van der Waals surface area contributed by atoms with Crippen molar-refractivity contribution in [3.8, 4) is 17.2 Å². The van der Waals surface area contributed by atoms with Gasteiger partial charge in [-0.05, 0) is 26.0 Å². The maximum Gasteiger partial charge on any atom is 0.332 e. The number of aryl methyl sites for hydroxylation is 2. The molecule has 4 rings (SSSR count). The first-order valence-corrected chi connectivity index (χ1v) is 8.85. The van der Waals surface area contributed by atoms with Crippen LogP contribution in [0, 0.1) is 6.92 Å². The average molecular weight is 383 g/mol. The van der Waals surface area contributed by atoms with E-state index in [1.54, 1.807) is 32.6 Å². The van der Waals surface area contributed by atoms with Crippen LogP contribution in [0.25, 0.3) is 22.6 Å². The number of aromatic nitrogens is 5. The van der Waals surface area contributed by atoms with Crippen molar-refractivity contribution in [1.29, 1.82) is 0 Å². The Labute approximate surface area is 160 Å². The summed E-state index contributed by atoms with van der Waals surface area (Å²) in [6, 6.07) is 5.46. The molecule has 146 valence electrons. The summed E-state index contributed by atoms with van der Waals surface area (Å²) >= 11 is 0. The molecular weight excluding hydrogens is 362 g/mol. The number of imidazole rings is 2. The van der Waals surface area contributed by atoms with Crippen LogP contribution in [0.15, 0.2) is 34.0 Å². The van der Waals surface area contributed by atoms with Gasteiger partial charge in [-0.15, -0.1) is 0 Å². The van der Waals surface area contributed by atoms with Crippen molar-refractivity contribution in [3.63, 3.8) is 0 Å². The average Bonchev–Trinajstić information content (AvgIpc) is 3.20. The van der Waals surface area contributed by atoms with Crippen LogP contribution < -0.4 is 20.7 Å². The summed E-state index contributed by atoms with van der Waals surface area (Å²) in [7, 11) is 4.80. The normalized spacial score (nSPS) is 11.5. The second-order valence-corrected chi connectivity index (χ2v) is 6.49. The summed E-state index contributed by atoms with van der Waals surface area (Å²) in [6.45, 7) is 3.97. The van der Waals surface area contributed by atoms with Crippen LogP contribution in [0.4, 0.5) is 0 Å². The number of hydrogen-bond donors (Lipinski definition) is 0. The van der Waals surface area contributed by atoms with Crippen molar-refractivity contribution in [2.75, 3.05) is 14.2 Å². The molecule has 4 aromatic rings. The minimum Gasteiger partial charge on any atom is -0.497 e. The zero-order valence-electron chi connectivity index (χ0n) is 16.4. The lowest BCUT2D eigenvalue weighted by Gasteiger charge is -2.12. The van der Waals surface area contributed by atoms with Crippen molar-refractivity contribution in [3.05, 3.63) is 50.9 Å². The van der Waals surface area contributed by atoms with Crippen LogP contribution in [0.1, 0.15) is 12.6 Å². The monoisotopic (exact) mass is 383 g/mol. The molecule has 0 aliphatic heterocycles. The van der Waals surface area contributed by atoms with Gasteiger partial charge in [0.25, 0.3) is 5.56 Å². The van der Waals surface area contributed by atoms with Crippen molar-refractivity contribution in [2.24, 2.45) is 7.05 Å². The number of rotatable bonds is 4. The Hall–Kier alpha value is -3.49. The van der Waals surface area contributed by atoms with E-state index in [2.05, 4.69) is 4.98 Å². The smallest absolute Gasteiger partial charge is 0.332 e. The van der Waals surface area contributed by atoms with Gasteiger partial charge in [-0.25, -0.2) is 4.79 Å². The molecule has 0 saturated carbocycles. The van der Waals surface area contributed by atoms with Crippen LogP contribution in [-0.2, 0) is 13.6 Å². The third-order valence-electron chi connectivity index (χ3n) is 4.97. The zero-order valence-corrected chi connectivity index (χ0v) is 16.4. The highest BCUT2D eigenvalue weighted by Crippen LogP contribution is 2.31. The van der Waals surface area contributed by atoms with Crippen molar-refractivity contribution >= 4 is 16.9 Å². The first-order chi connectivity index (χ1) is 13.4. The van der Waals surface area contributed by atoms with E-state index < -0.39 is 0 Å². The molecule has 3 heterocycles. The molecule has 28 heavy (non-hydrogen) atoms. The lowest BCUT2D eigenvalue weighted by atomic mass is 10.2. The van der Waals surface area contributed by atoms with Gasteiger partial charge in [-0.1, -0.05) is 0 Å². The van der Waals surface area contributed by atoms with Crippen LogP contribution >= 0.6 is 0 Å². The molecule has 0 N–H and O–H groups in total. The zero-order chi connectivity index (χ0) is 20.2. The van der Waals surface area contributed by atoms with Gasteiger partial charge < -0.3 is 9.47 Å². The molecule has 0 atom stereocenters. The van der Waals surface area contributed by atoms with E-state index in [1.807, 2.05) is 35.9 Å². The van der Waals surface area contributed by atoms with E-state index in [4.69, 9.17) is 9.47 Å². The molecule has 0 unspecified atom stereocenters. The number of benzene rings is 1. The summed E-state index contributed by atoms with van der Waals surface area (Å²) in [5.74, 6) is 1.81. The van der Waals surface area contributed by atoms with Gasteiger partial charge in [0.15, 0.2) is 11.2 Å². The van der Waals surface area contributed by atoms with Crippen molar-refractivity contribution < 1.29 is 9.47 Å². The van der Waals surface area contributed by atoms with Gasteiger partial charge in [0, 0.05) is 31.5 Å². The maximum absolute atomic E-state index is 12.9. The first kappa shape index (κ1) is 17.9. The van der Waals surface area contributed by atoms with E-state index in [0.29, 0.717) is 28.4 Å². The molecule has 0 fully saturated rings. The number of methoxy groups -OCH3 is 2. The van der Waals surface area contributed by atoms with E-state index >= 15 is 0 Å². The quantitative estimate of drug-likeness (QED) is 0.533. The SMILES string of the molecule is CCn1c(=O)c2c(nc3n(-c4cc(OC)ccc4OC)c(C)cn23)n(C)c1=O. The number of fused-ring (bicyclic) bond motifs is 3. The lowest BCUT2D eigenvalue weighted by molar-refractivity contribution is 0.401. The predicted molar refractivity (Wildman–Crippen MR) is 105 cm³/mol. The fourth-order valence-corrected chi connectivity index (χ4v) is 3.56. The summed E-state index contributed by atoms with van der Waals surface area (Å²) in [5.41, 5.74) is 1.54. The summed E-state index contributed by atoms with van der Waals surface area (Å²) < 4.78 is 17.1. The molecule has 0 radical (unpaired) electrons. The summed E-state index contributed by atoms with van der Waals surface area (Å²) in [4.78, 5) is 30.0. The fourth-order valence-electron chi connectivity index (χ4n) is 3.56. The molecule has 3 aromatic heterocycles. The van der Waals surface area contributed by atoms with E-state index in [1.165, 1.54) is 9.13 Å². The molecule has 0 bridgehead atoms. The molecule has 0 amide bonds. The van der Waals surface area contributed by atoms with E-state index in [9.17, 15) is 9.59 Å². The summed E-state index contributed by atoms with van der Waals surface area (Å²) in [6.07, 6.45) is 1.83. The van der Waals surface area contributed by atoms with Gasteiger partial charge in [-0.3, -0.25) is 22.9 Å². The second kappa shape index (κ2) is 6.29. The largest absolute Gasteiger partial charge is 0.497 e. The third kappa shape index (κ3) is 2.29. The molecule has 0 spiro atoms. The first-order valence-electron chi connectivity index (χ1n) is 8.85. The second-order valence-electron chi connectivity index (χ2n) is 6.49. The van der Waals surface area contributed by atoms with Gasteiger partial charge in [0.2, 0.25) is 5.78 Å². The lowest BCUT2D eigenvalue weighted by Crippen LogP contribution is -2.38. The van der Waals surface area contributed by atoms with Gasteiger partial charge in [0.05, 0.1) is 19.9 Å². The standard InChI is InChI=1S/C19H21N5O4/c1-6-22-17(25)15-16(21(3)19(22)26)20-18-23(15)10-11(2)24(18)13-9-12(27-4)7-8-14(13)28-5/h7-10H,6H2,1-5H3. The Morgan fingerprint density at radius 2 is 1.89 bits per heavy atom. The Morgan fingerprint density at radius 3 is 2.54 bits per heavy atom. The minimum absolute atomic E-state index is 0.290. The summed E-state index contributed by atoms with van der Waals surface area (Å²) in [5, 5.41) is 0. The van der Waals surface area contributed by atoms with Gasteiger partial charge >= 0.3 is 5.69 Å². The molecule has 1 aromatic carbocycles. The van der Waals surface area contributed by atoms with Gasteiger partial charge in [-0.2, -0.15) is 4.98 Å². The van der Waals surface area contributed by atoms with E-state index in [-0.39, 0.29) is 17.8 Å². The van der Waals surface area contributed by atoms with Gasteiger partial charge in [0.1, 0.15) is 11.5 Å². The van der Waals surface area contributed by atoms with Crippen LogP contribution in [0.3, 0.4) is 0 Å². The molecule has 0 aliphatic carbocycles. The Bertz CT molecular complexity index is 1340. The maximum atomic E-state index is 12.9. The molecule has 9 nitrogen and oxygen atoms in total. The van der Waals surface area contributed by atoms with Crippen LogP contribution in [0.2, 0.25) is 0 Å².